The van der Waals surface area contributed by atoms with Gasteiger partial charge in [-0.2, -0.15) is 0 Å². The van der Waals surface area contributed by atoms with Crippen LogP contribution in [0.4, 0.5) is 0 Å². The second-order valence-electron chi connectivity index (χ2n) is 4.54. The zero-order valence-corrected chi connectivity index (χ0v) is 11.1. The Morgan fingerprint density at radius 3 is 3.06 bits per heavy atom. The molecule has 0 amide bonds. The van der Waals surface area contributed by atoms with Gasteiger partial charge in [-0.25, -0.2) is 0 Å². The Hall–Kier alpha value is -1.48. The van der Waals surface area contributed by atoms with Crippen molar-refractivity contribution in [3.05, 3.63) is 29.3 Å². The fraction of sp³-hybridized carbons (Fsp3) is 0.467. The number of nitrogens with two attached hydrogens (primary N) is 1. The molecule has 0 saturated heterocycles. The minimum atomic E-state index is 0.262. The van der Waals surface area contributed by atoms with E-state index >= 15 is 0 Å². The van der Waals surface area contributed by atoms with Crippen molar-refractivity contribution in [1.82, 2.24) is 0 Å². The molecule has 0 bridgehead atoms. The van der Waals surface area contributed by atoms with Crippen molar-refractivity contribution in [3.8, 4) is 11.5 Å². The Morgan fingerprint density at radius 2 is 2.33 bits per heavy atom. The molecule has 1 aliphatic heterocycles. The molecule has 1 heterocycles. The molecule has 2 N–H and O–H groups in total. The Kier molecular flexibility index (Phi) is 4.26. The van der Waals surface area contributed by atoms with Crippen LogP contribution in [0.3, 0.4) is 0 Å². The van der Waals surface area contributed by atoms with Gasteiger partial charge in [0.05, 0.1) is 6.61 Å². The third-order valence-electron chi connectivity index (χ3n) is 2.96. The van der Waals surface area contributed by atoms with Crippen LogP contribution in [0, 0.1) is 0 Å². The summed E-state index contributed by atoms with van der Waals surface area (Å²) >= 11 is 0. The third kappa shape index (κ3) is 2.85. The molecule has 0 aliphatic carbocycles. The van der Waals surface area contributed by atoms with Gasteiger partial charge < -0.3 is 15.2 Å². The van der Waals surface area contributed by atoms with Gasteiger partial charge in [0, 0.05) is 17.5 Å². The van der Waals surface area contributed by atoms with Crippen molar-refractivity contribution in [2.24, 2.45) is 5.73 Å². The fourth-order valence-corrected chi connectivity index (χ4v) is 2.17. The lowest BCUT2D eigenvalue weighted by Gasteiger charge is -2.10. The average Bonchev–Trinajstić information content (AvgIpc) is 2.69. The van der Waals surface area contributed by atoms with Crippen molar-refractivity contribution in [2.45, 2.75) is 32.8 Å². The summed E-state index contributed by atoms with van der Waals surface area (Å²) in [5.74, 6) is 1.92. The minimum Gasteiger partial charge on any atom is -0.493 e. The van der Waals surface area contributed by atoms with E-state index in [4.69, 9.17) is 15.2 Å². The normalized spacial score (nSPS) is 17.8. The van der Waals surface area contributed by atoms with Crippen LogP contribution < -0.4 is 15.2 Å². The number of ether oxygens (including phenoxy) is 2. The first-order valence-corrected chi connectivity index (χ1v) is 6.57. The number of hydrogen-bond acceptors (Lipinski definition) is 3. The predicted molar refractivity (Wildman–Crippen MR) is 74.1 cm³/mol. The van der Waals surface area contributed by atoms with Gasteiger partial charge >= 0.3 is 0 Å². The highest BCUT2D eigenvalue weighted by molar-refractivity contribution is 5.62. The van der Waals surface area contributed by atoms with Crippen LogP contribution in [0.1, 0.15) is 31.4 Å². The molecule has 1 unspecified atom stereocenters. The number of fused-ring (bicyclic) bond motifs is 1. The summed E-state index contributed by atoms with van der Waals surface area (Å²) in [5, 5.41) is 0. The lowest BCUT2D eigenvalue weighted by molar-refractivity contribution is 0.254. The molecular formula is C15H21NO2. The van der Waals surface area contributed by atoms with E-state index in [1.807, 2.05) is 6.92 Å². The fourth-order valence-electron chi connectivity index (χ4n) is 2.17. The van der Waals surface area contributed by atoms with Gasteiger partial charge in [-0.3, -0.25) is 0 Å². The summed E-state index contributed by atoms with van der Waals surface area (Å²) in [6.45, 7) is 5.43. The molecule has 1 aromatic carbocycles. The van der Waals surface area contributed by atoms with Crippen LogP contribution in [0.15, 0.2) is 18.2 Å². The molecule has 0 fully saturated rings. The van der Waals surface area contributed by atoms with Gasteiger partial charge in [-0.15, -0.1) is 0 Å². The minimum absolute atomic E-state index is 0.262. The second kappa shape index (κ2) is 5.91. The van der Waals surface area contributed by atoms with Gasteiger partial charge in [0.2, 0.25) is 0 Å². The molecule has 3 heteroatoms. The van der Waals surface area contributed by atoms with E-state index in [-0.39, 0.29) is 6.10 Å². The number of rotatable bonds is 5. The van der Waals surface area contributed by atoms with Gasteiger partial charge in [-0.1, -0.05) is 12.2 Å². The molecule has 1 aromatic rings. The van der Waals surface area contributed by atoms with Crippen LogP contribution in [0.2, 0.25) is 0 Å². The van der Waals surface area contributed by atoms with Crippen LogP contribution in [-0.4, -0.2) is 19.3 Å². The van der Waals surface area contributed by atoms with E-state index < -0.39 is 0 Å². The zero-order chi connectivity index (χ0) is 13.0. The monoisotopic (exact) mass is 247 g/mol. The van der Waals surface area contributed by atoms with Crippen molar-refractivity contribution < 1.29 is 9.47 Å². The topological polar surface area (TPSA) is 44.5 Å². The quantitative estimate of drug-likeness (QED) is 0.870. The molecule has 18 heavy (non-hydrogen) atoms. The zero-order valence-electron chi connectivity index (χ0n) is 11.1. The van der Waals surface area contributed by atoms with Crippen molar-refractivity contribution in [2.75, 3.05) is 13.2 Å². The van der Waals surface area contributed by atoms with Gasteiger partial charge in [0.15, 0.2) is 0 Å². The molecular weight excluding hydrogens is 226 g/mol. The summed E-state index contributed by atoms with van der Waals surface area (Å²) in [4.78, 5) is 0. The Morgan fingerprint density at radius 1 is 1.50 bits per heavy atom. The van der Waals surface area contributed by atoms with Crippen LogP contribution in [0.5, 0.6) is 11.5 Å². The highest BCUT2D eigenvalue weighted by Crippen LogP contribution is 2.35. The van der Waals surface area contributed by atoms with Crippen LogP contribution >= 0.6 is 0 Å². The van der Waals surface area contributed by atoms with Gasteiger partial charge in [0.1, 0.15) is 17.6 Å². The molecule has 0 aromatic heterocycles. The summed E-state index contributed by atoms with van der Waals surface area (Å²) in [5.41, 5.74) is 7.80. The number of benzene rings is 1. The largest absolute Gasteiger partial charge is 0.493 e. The Balaban J connectivity index is 2.29. The van der Waals surface area contributed by atoms with Gasteiger partial charge in [-0.05, 0) is 38.9 Å². The lowest BCUT2D eigenvalue weighted by atomic mass is 10.1. The summed E-state index contributed by atoms with van der Waals surface area (Å²) in [7, 11) is 0. The van der Waals surface area contributed by atoms with Crippen LogP contribution in [-0.2, 0) is 6.42 Å². The van der Waals surface area contributed by atoms with E-state index in [1.165, 1.54) is 5.56 Å². The van der Waals surface area contributed by atoms with Crippen LogP contribution in [0.25, 0.3) is 6.08 Å². The Bertz CT molecular complexity index is 440. The van der Waals surface area contributed by atoms with E-state index in [0.29, 0.717) is 13.2 Å². The predicted octanol–water partition coefficient (Wildman–Crippen LogP) is 2.77. The third-order valence-corrected chi connectivity index (χ3v) is 2.96. The van der Waals surface area contributed by atoms with Crippen molar-refractivity contribution >= 4 is 6.08 Å². The standard InChI is InChI=1S/C15H21NO2/c1-3-17-14-10-13-8-11(2)18-15(13)9-12(14)6-4-5-7-16/h4,6,9-11H,3,5,7-8,16H2,1-2H3. The second-order valence-corrected chi connectivity index (χ2v) is 4.54. The summed E-state index contributed by atoms with van der Waals surface area (Å²) < 4.78 is 11.5. The Labute approximate surface area is 109 Å². The van der Waals surface area contributed by atoms with E-state index in [2.05, 4.69) is 31.2 Å². The molecule has 3 nitrogen and oxygen atoms in total. The smallest absolute Gasteiger partial charge is 0.127 e. The molecule has 0 radical (unpaired) electrons. The first-order chi connectivity index (χ1) is 8.74. The number of hydrogen-bond donors (Lipinski definition) is 1. The highest BCUT2D eigenvalue weighted by atomic mass is 16.5. The summed E-state index contributed by atoms with van der Waals surface area (Å²) in [6.07, 6.45) is 6.23. The first kappa shape index (κ1) is 13.0. The van der Waals surface area contributed by atoms with Gasteiger partial charge in [0.25, 0.3) is 0 Å². The maximum atomic E-state index is 5.77. The molecule has 98 valence electrons. The SMILES string of the molecule is CCOc1cc2c(cc1C=CCCN)OC(C)C2. The molecule has 1 aliphatic rings. The van der Waals surface area contributed by atoms with E-state index in [0.717, 1.165) is 29.9 Å². The van der Waals surface area contributed by atoms with E-state index in [1.54, 1.807) is 0 Å². The molecule has 2 rings (SSSR count). The maximum Gasteiger partial charge on any atom is 0.127 e. The van der Waals surface area contributed by atoms with Crippen molar-refractivity contribution in [1.29, 1.82) is 0 Å². The lowest BCUT2D eigenvalue weighted by Crippen LogP contribution is -2.05. The summed E-state index contributed by atoms with van der Waals surface area (Å²) in [6, 6.07) is 4.17. The van der Waals surface area contributed by atoms with Crippen molar-refractivity contribution in [3.63, 3.8) is 0 Å². The molecule has 0 spiro atoms. The van der Waals surface area contributed by atoms with E-state index in [9.17, 15) is 0 Å². The average molecular weight is 247 g/mol. The first-order valence-electron chi connectivity index (χ1n) is 6.57. The maximum absolute atomic E-state index is 5.77. The molecule has 0 saturated carbocycles. The molecule has 1 atom stereocenters. The highest BCUT2D eigenvalue weighted by Gasteiger charge is 2.21.